The van der Waals surface area contributed by atoms with Gasteiger partial charge in [-0.15, -0.1) is 15.8 Å². The van der Waals surface area contributed by atoms with E-state index in [-0.39, 0.29) is 16.5 Å². The van der Waals surface area contributed by atoms with Crippen LogP contribution in [-0.4, -0.2) is 50.5 Å². The molecule has 0 saturated carbocycles. The first-order valence-electron chi connectivity index (χ1n) is 8.72. The van der Waals surface area contributed by atoms with Crippen molar-refractivity contribution in [1.29, 1.82) is 0 Å². The van der Waals surface area contributed by atoms with Gasteiger partial charge in [-0.25, -0.2) is 0 Å². The summed E-state index contributed by atoms with van der Waals surface area (Å²) >= 11 is 0. The molecule has 0 aromatic carbocycles. The molecule has 0 radical (unpaired) electrons. The number of hydrogen-bond donors (Lipinski definition) is 0. The largest absolute Gasteiger partial charge is 0.307 e. The predicted molar refractivity (Wildman–Crippen MR) is 110 cm³/mol. The van der Waals surface area contributed by atoms with Crippen LogP contribution < -0.4 is 0 Å². The van der Waals surface area contributed by atoms with Crippen molar-refractivity contribution in [3.63, 3.8) is 0 Å². The molecule has 146 valence electrons. The van der Waals surface area contributed by atoms with Gasteiger partial charge in [-0.2, -0.15) is 0 Å². The molecule has 0 amide bonds. The molecule has 0 spiro atoms. The van der Waals surface area contributed by atoms with Gasteiger partial charge in [0.1, 0.15) is 13.6 Å². The van der Waals surface area contributed by atoms with Crippen LogP contribution in [0.25, 0.3) is 0 Å². The van der Waals surface area contributed by atoms with E-state index in [1.165, 1.54) is 62.7 Å². The van der Waals surface area contributed by atoms with Crippen molar-refractivity contribution in [2.75, 3.05) is 37.0 Å². The standard InChI is InChI=1S/2C8H19P.2CH2O.Ni/c2*1-4-7-9(6-3)8-5-2;2*1-2;/h2*4-8H2,1-3H3;2*1H2;. The second kappa shape index (κ2) is 38.3. The second-order valence-corrected chi connectivity index (χ2v) is 10.6. The van der Waals surface area contributed by atoms with Gasteiger partial charge >= 0.3 is 0 Å². The van der Waals surface area contributed by atoms with E-state index in [1.807, 2.05) is 13.6 Å². The van der Waals surface area contributed by atoms with E-state index in [2.05, 4.69) is 41.5 Å². The Morgan fingerprint density at radius 3 is 0.783 bits per heavy atom. The summed E-state index contributed by atoms with van der Waals surface area (Å²) in [5, 5.41) is 0. The molecule has 0 rings (SSSR count). The average molecular weight is 411 g/mol. The minimum absolute atomic E-state index is 0. The van der Waals surface area contributed by atoms with Crippen molar-refractivity contribution in [2.45, 2.75) is 67.2 Å². The summed E-state index contributed by atoms with van der Waals surface area (Å²) in [7, 11) is 0.883. The van der Waals surface area contributed by atoms with Crippen LogP contribution in [0.3, 0.4) is 0 Å². The molecule has 0 fully saturated rings. The normalized spacial score (nSPS) is 8.70. The van der Waals surface area contributed by atoms with E-state index in [0.29, 0.717) is 15.8 Å². The third-order valence-electron chi connectivity index (χ3n) is 3.05. The third kappa shape index (κ3) is 34.9. The third-order valence-corrected chi connectivity index (χ3v) is 9.16. The van der Waals surface area contributed by atoms with Crippen LogP contribution >= 0.6 is 15.8 Å². The van der Waals surface area contributed by atoms with Crippen LogP contribution in [0.2, 0.25) is 0 Å². The van der Waals surface area contributed by atoms with Gasteiger partial charge in [-0.1, -0.05) is 67.2 Å². The fraction of sp³-hybridized carbons (Fsp3) is 0.889. The van der Waals surface area contributed by atoms with E-state index in [9.17, 15) is 0 Å². The van der Waals surface area contributed by atoms with Crippen LogP contribution in [0.5, 0.6) is 0 Å². The van der Waals surface area contributed by atoms with Crippen molar-refractivity contribution < 1.29 is 26.1 Å². The summed E-state index contributed by atoms with van der Waals surface area (Å²) in [4.78, 5) is 16.0. The minimum Gasteiger partial charge on any atom is -0.307 e. The SMILES string of the molecule is C=O.C=O.CCCP(CC)CCC.CCCP(CC)CCC.[Ni]. The van der Waals surface area contributed by atoms with Gasteiger partial charge in [0.15, 0.2) is 0 Å². The maximum Gasteiger partial charge on any atom is 0.106 e. The minimum atomic E-state index is 0. The molecule has 0 aliphatic heterocycles. The molecule has 0 aliphatic carbocycles. The Balaban J connectivity index is -0.0000000743. The van der Waals surface area contributed by atoms with Crippen LogP contribution in [0.4, 0.5) is 0 Å². The topological polar surface area (TPSA) is 34.1 Å². The van der Waals surface area contributed by atoms with Gasteiger partial charge in [0, 0.05) is 16.5 Å². The molecule has 5 heteroatoms. The van der Waals surface area contributed by atoms with Gasteiger partial charge in [-0.05, 0) is 37.0 Å². The van der Waals surface area contributed by atoms with E-state index in [4.69, 9.17) is 9.59 Å². The summed E-state index contributed by atoms with van der Waals surface area (Å²) in [6.45, 7) is 17.8. The van der Waals surface area contributed by atoms with Gasteiger partial charge in [-0.3, -0.25) is 0 Å². The fourth-order valence-corrected chi connectivity index (χ4v) is 6.36. The maximum absolute atomic E-state index is 8.00. The summed E-state index contributed by atoms with van der Waals surface area (Å²) in [6, 6.07) is 0. The molecule has 2 nitrogen and oxygen atoms in total. The molecular formula is C18H42NiO2P2. The molecule has 0 atom stereocenters. The molecule has 0 bridgehead atoms. The quantitative estimate of drug-likeness (QED) is 0.315. The van der Waals surface area contributed by atoms with Crippen molar-refractivity contribution in [3.8, 4) is 0 Å². The zero-order chi connectivity index (χ0) is 18.2. The molecule has 0 unspecified atom stereocenters. The Bertz CT molecular complexity index is 145. The molecule has 0 saturated heterocycles. The summed E-state index contributed by atoms with van der Waals surface area (Å²) in [5.41, 5.74) is 0. The summed E-state index contributed by atoms with van der Waals surface area (Å²) in [5.74, 6) is 0. The molecule has 23 heavy (non-hydrogen) atoms. The summed E-state index contributed by atoms with van der Waals surface area (Å²) < 4.78 is 0. The Kier molecular flexibility index (Phi) is 58.2. The van der Waals surface area contributed by atoms with E-state index in [0.717, 1.165) is 0 Å². The number of hydrogen-bond acceptors (Lipinski definition) is 2. The van der Waals surface area contributed by atoms with Gasteiger partial charge in [0.05, 0.1) is 0 Å². The van der Waals surface area contributed by atoms with Crippen LogP contribution in [0.1, 0.15) is 67.2 Å². The van der Waals surface area contributed by atoms with E-state index < -0.39 is 0 Å². The monoisotopic (exact) mass is 410 g/mol. The fourth-order valence-electron chi connectivity index (χ4n) is 2.12. The van der Waals surface area contributed by atoms with Crippen LogP contribution in [0.15, 0.2) is 0 Å². The second-order valence-electron chi connectivity index (χ2n) is 4.87. The number of carbonyl (C=O) groups excluding carboxylic acids is 2. The first-order chi connectivity index (χ1) is 10.7. The Labute approximate surface area is 159 Å². The van der Waals surface area contributed by atoms with Crippen LogP contribution in [0, 0.1) is 0 Å². The van der Waals surface area contributed by atoms with Crippen molar-refractivity contribution in [3.05, 3.63) is 0 Å². The van der Waals surface area contributed by atoms with Crippen LogP contribution in [-0.2, 0) is 26.1 Å². The smallest absolute Gasteiger partial charge is 0.106 e. The average Bonchev–Trinajstić information content (AvgIpc) is 2.58. The first kappa shape index (κ1) is 34.9. The Hall–Kier alpha value is 0.694. The molecular weight excluding hydrogens is 369 g/mol. The molecule has 0 aliphatic rings. The molecule has 0 aromatic rings. The summed E-state index contributed by atoms with van der Waals surface area (Å²) in [6.07, 6.45) is 14.4. The zero-order valence-corrected chi connectivity index (χ0v) is 19.3. The van der Waals surface area contributed by atoms with Crippen molar-refractivity contribution >= 4 is 29.4 Å². The van der Waals surface area contributed by atoms with Gasteiger partial charge in [0.2, 0.25) is 0 Å². The van der Waals surface area contributed by atoms with Crippen molar-refractivity contribution in [1.82, 2.24) is 0 Å². The van der Waals surface area contributed by atoms with Gasteiger partial charge in [0.25, 0.3) is 0 Å². The van der Waals surface area contributed by atoms with Crippen molar-refractivity contribution in [2.24, 2.45) is 0 Å². The molecule has 0 heterocycles. The Morgan fingerprint density at radius 2 is 0.696 bits per heavy atom. The first-order valence-corrected chi connectivity index (χ1v) is 12.5. The molecule has 0 aromatic heterocycles. The van der Waals surface area contributed by atoms with E-state index >= 15 is 0 Å². The maximum atomic E-state index is 8.00. The Morgan fingerprint density at radius 1 is 0.522 bits per heavy atom. The molecule has 0 N–H and O–H groups in total. The zero-order valence-electron chi connectivity index (χ0n) is 16.5. The van der Waals surface area contributed by atoms with E-state index in [1.54, 1.807) is 0 Å². The predicted octanol–water partition coefficient (Wildman–Crippen LogP) is 6.24. The number of rotatable bonds is 10. The van der Waals surface area contributed by atoms with Gasteiger partial charge < -0.3 is 9.59 Å². The number of carbonyl (C=O) groups is 2.